The number of hydrogen-bond donors (Lipinski definition) is 1. The van der Waals surface area contributed by atoms with E-state index in [2.05, 4.69) is 52.0 Å². The maximum Gasteiger partial charge on any atom is 0.0723 e. The van der Waals surface area contributed by atoms with Crippen LogP contribution in [0.2, 0.25) is 0 Å². The van der Waals surface area contributed by atoms with Gasteiger partial charge in [-0.2, -0.15) is 0 Å². The second-order valence-corrected chi connectivity index (χ2v) is 5.36. The van der Waals surface area contributed by atoms with E-state index in [1.54, 1.807) is 0 Å². The normalized spacial score (nSPS) is 15.0. The number of rotatable bonds is 7. The molecule has 0 aliphatic rings. The van der Waals surface area contributed by atoms with E-state index in [0.29, 0.717) is 12.0 Å². The first-order valence-electron chi connectivity index (χ1n) is 5.75. The van der Waals surface area contributed by atoms with Gasteiger partial charge in [0.25, 0.3) is 0 Å². The minimum Gasteiger partial charge on any atom is -0.375 e. The summed E-state index contributed by atoms with van der Waals surface area (Å²) < 4.78 is 5.97. The summed E-state index contributed by atoms with van der Waals surface area (Å²) in [5.74, 6) is 0.551. The molecule has 0 aromatic carbocycles. The molecule has 1 unspecified atom stereocenters. The lowest BCUT2D eigenvalue weighted by Crippen LogP contribution is -2.45. The number of hydrogen-bond acceptors (Lipinski definition) is 3. The highest BCUT2D eigenvalue weighted by Gasteiger charge is 2.23. The maximum absolute atomic E-state index is 5.97. The zero-order valence-electron chi connectivity index (χ0n) is 11.4. The van der Waals surface area contributed by atoms with Crippen molar-refractivity contribution in [3.8, 4) is 0 Å². The fourth-order valence-corrected chi connectivity index (χ4v) is 1.13. The molecular formula is C12H28N2O. The average Bonchev–Trinajstić information content (AvgIpc) is 2.11. The SMILES string of the molecule is CNCC(OCC(C)(C)N(C)C)C(C)C. The lowest BCUT2D eigenvalue weighted by Gasteiger charge is -2.34. The van der Waals surface area contributed by atoms with Crippen LogP contribution in [0.4, 0.5) is 0 Å². The quantitative estimate of drug-likeness (QED) is 0.699. The molecule has 0 heterocycles. The van der Waals surface area contributed by atoms with Gasteiger partial charge >= 0.3 is 0 Å². The Morgan fingerprint density at radius 2 is 1.80 bits per heavy atom. The van der Waals surface area contributed by atoms with Gasteiger partial charge in [0.05, 0.1) is 12.7 Å². The Hall–Kier alpha value is -0.120. The largest absolute Gasteiger partial charge is 0.375 e. The Labute approximate surface area is 95.2 Å². The molecule has 0 fully saturated rings. The molecule has 0 aliphatic heterocycles. The Morgan fingerprint density at radius 3 is 2.13 bits per heavy atom. The van der Waals surface area contributed by atoms with Crippen LogP contribution in [0.5, 0.6) is 0 Å². The predicted octanol–water partition coefficient (Wildman–Crippen LogP) is 1.59. The highest BCUT2D eigenvalue weighted by molar-refractivity contribution is 4.77. The van der Waals surface area contributed by atoms with E-state index < -0.39 is 0 Å². The van der Waals surface area contributed by atoms with Crippen LogP contribution in [0.1, 0.15) is 27.7 Å². The van der Waals surface area contributed by atoms with Gasteiger partial charge in [-0.05, 0) is 40.9 Å². The van der Waals surface area contributed by atoms with E-state index in [4.69, 9.17) is 4.74 Å². The van der Waals surface area contributed by atoms with Crippen LogP contribution >= 0.6 is 0 Å². The van der Waals surface area contributed by atoms with Gasteiger partial charge in [0, 0.05) is 12.1 Å². The molecule has 0 saturated carbocycles. The molecule has 0 aliphatic carbocycles. The van der Waals surface area contributed by atoms with Crippen LogP contribution < -0.4 is 5.32 Å². The number of nitrogens with zero attached hydrogens (tertiary/aromatic N) is 1. The zero-order valence-corrected chi connectivity index (χ0v) is 11.4. The van der Waals surface area contributed by atoms with Crippen molar-refractivity contribution in [1.29, 1.82) is 0 Å². The highest BCUT2D eigenvalue weighted by Crippen LogP contribution is 2.14. The van der Waals surface area contributed by atoms with Gasteiger partial charge in [0.2, 0.25) is 0 Å². The van der Waals surface area contributed by atoms with Crippen LogP contribution in [0.15, 0.2) is 0 Å². The zero-order chi connectivity index (χ0) is 12.1. The highest BCUT2D eigenvalue weighted by atomic mass is 16.5. The molecule has 0 saturated heterocycles. The second-order valence-electron chi connectivity index (χ2n) is 5.36. The number of likely N-dealkylation sites (N-methyl/N-ethyl adjacent to an activating group) is 2. The lowest BCUT2D eigenvalue weighted by atomic mass is 10.0. The van der Waals surface area contributed by atoms with Crippen molar-refractivity contribution in [2.75, 3.05) is 34.3 Å². The maximum atomic E-state index is 5.97. The fourth-order valence-electron chi connectivity index (χ4n) is 1.13. The van der Waals surface area contributed by atoms with Crippen LogP contribution in [0, 0.1) is 5.92 Å². The van der Waals surface area contributed by atoms with Gasteiger partial charge in [-0.25, -0.2) is 0 Å². The van der Waals surface area contributed by atoms with E-state index >= 15 is 0 Å². The van der Waals surface area contributed by atoms with Gasteiger partial charge in [-0.3, -0.25) is 0 Å². The van der Waals surface area contributed by atoms with Gasteiger partial charge in [0.1, 0.15) is 0 Å². The van der Waals surface area contributed by atoms with Crippen molar-refractivity contribution >= 4 is 0 Å². The van der Waals surface area contributed by atoms with Crippen LogP contribution in [-0.4, -0.2) is 50.8 Å². The van der Waals surface area contributed by atoms with E-state index in [1.165, 1.54) is 0 Å². The Morgan fingerprint density at radius 1 is 1.27 bits per heavy atom. The number of nitrogens with one attached hydrogen (secondary N) is 1. The standard InChI is InChI=1S/C12H28N2O/c1-10(2)11(8-13-5)15-9-12(3,4)14(6)7/h10-11,13H,8-9H2,1-7H3. The van der Waals surface area contributed by atoms with Crippen LogP contribution in [0.3, 0.4) is 0 Å². The first kappa shape index (κ1) is 14.9. The molecule has 0 spiro atoms. The molecule has 15 heavy (non-hydrogen) atoms. The summed E-state index contributed by atoms with van der Waals surface area (Å²) in [6.45, 7) is 10.5. The minimum absolute atomic E-state index is 0.0981. The van der Waals surface area contributed by atoms with Gasteiger partial charge in [-0.15, -0.1) is 0 Å². The summed E-state index contributed by atoms with van der Waals surface area (Å²) in [6, 6.07) is 0. The van der Waals surface area contributed by atoms with Crippen molar-refractivity contribution in [2.45, 2.75) is 39.3 Å². The van der Waals surface area contributed by atoms with Crippen molar-refractivity contribution in [1.82, 2.24) is 10.2 Å². The minimum atomic E-state index is 0.0981. The van der Waals surface area contributed by atoms with Crippen molar-refractivity contribution in [3.05, 3.63) is 0 Å². The Kier molecular flexibility index (Phi) is 6.41. The summed E-state index contributed by atoms with van der Waals surface area (Å²) in [5.41, 5.74) is 0.0981. The molecular weight excluding hydrogens is 188 g/mol. The molecule has 1 atom stereocenters. The molecule has 0 radical (unpaired) electrons. The van der Waals surface area contributed by atoms with Gasteiger partial charge in [0.15, 0.2) is 0 Å². The third kappa shape index (κ3) is 5.50. The molecule has 0 bridgehead atoms. The molecule has 3 heteroatoms. The predicted molar refractivity (Wildman–Crippen MR) is 66.3 cm³/mol. The van der Waals surface area contributed by atoms with Gasteiger partial charge < -0.3 is 15.0 Å². The third-order valence-corrected chi connectivity index (χ3v) is 3.01. The summed E-state index contributed by atoms with van der Waals surface area (Å²) in [6.07, 6.45) is 0.300. The third-order valence-electron chi connectivity index (χ3n) is 3.01. The van der Waals surface area contributed by atoms with Crippen LogP contribution in [0.25, 0.3) is 0 Å². The van der Waals surface area contributed by atoms with Crippen molar-refractivity contribution in [2.24, 2.45) is 5.92 Å². The molecule has 0 aromatic rings. The smallest absolute Gasteiger partial charge is 0.0723 e. The van der Waals surface area contributed by atoms with E-state index in [-0.39, 0.29) is 5.54 Å². The molecule has 0 rings (SSSR count). The molecule has 0 aromatic heterocycles. The lowest BCUT2D eigenvalue weighted by molar-refractivity contribution is -0.0292. The Bertz CT molecular complexity index is 167. The van der Waals surface area contributed by atoms with Crippen LogP contribution in [-0.2, 0) is 4.74 Å². The topological polar surface area (TPSA) is 24.5 Å². The summed E-state index contributed by atoms with van der Waals surface area (Å²) in [7, 11) is 6.15. The molecule has 3 nitrogen and oxygen atoms in total. The summed E-state index contributed by atoms with van der Waals surface area (Å²) in [4.78, 5) is 2.20. The molecule has 92 valence electrons. The summed E-state index contributed by atoms with van der Waals surface area (Å²) >= 11 is 0. The monoisotopic (exact) mass is 216 g/mol. The first-order valence-corrected chi connectivity index (χ1v) is 5.75. The van der Waals surface area contributed by atoms with E-state index in [9.17, 15) is 0 Å². The summed E-state index contributed by atoms with van der Waals surface area (Å²) in [5, 5.41) is 3.18. The van der Waals surface area contributed by atoms with Gasteiger partial charge in [-0.1, -0.05) is 13.8 Å². The first-order chi connectivity index (χ1) is 6.81. The van der Waals surface area contributed by atoms with Crippen molar-refractivity contribution in [3.63, 3.8) is 0 Å². The molecule has 1 N–H and O–H groups in total. The average molecular weight is 216 g/mol. The second kappa shape index (κ2) is 6.46. The fraction of sp³-hybridized carbons (Fsp3) is 1.00. The Balaban J connectivity index is 4.09. The number of ether oxygens (including phenoxy) is 1. The van der Waals surface area contributed by atoms with E-state index in [0.717, 1.165) is 13.2 Å². The molecule has 0 amide bonds. The van der Waals surface area contributed by atoms with E-state index in [1.807, 2.05) is 7.05 Å². The van der Waals surface area contributed by atoms with Crippen molar-refractivity contribution < 1.29 is 4.74 Å².